The third-order valence-corrected chi connectivity index (χ3v) is 5.05. The Hall–Kier alpha value is -2.51. The third-order valence-electron chi connectivity index (χ3n) is 3.69. The average molecular weight is 390 g/mol. The maximum Gasteiger partial charge on any atom is 0.298 e. The summed E-state index contributed by atoms with van der Waals surface area (Å²) in [6, 6.07) is 14.4. The Morgan fingerprint density at radius 3 is 2.77 bits per heavy atom. The number of para-hydroxylation sites is 1. The molecule has 0 bridgehead atoms. The third kappa shape index (κ3) is 4.00. The van der Waals surface area contributed by atoms with Gasteiger partial charge in [0.2, 0.25) is 11.6 Å². The van der Waals surface area contributed by atoms with E-state index in [9.17, 15) is 9.90 Å². The van der Waals surface area contributed by atoms with E-state index in [-0.39, 0.29) is 10.9 Å². The van der Waals surface area contributed by atoms with Crippen LogP contribution in [-0.2, 0) is 4.79 Å². The number of rotatable bonds is 5. The van der Waals surface area contributed by atoms with E-state index in [1.165, 1.54) is 4.68 Å². The maximum absolute atomic E-state index is 12.5. The first-order chi connectivity index (χ1) is 12.5. The van der Waals surface area contributed by atoms with Gasteiger partial charge in [0.05, 0.1) is 10.5 Å². The summed E-state index contributed by atoms with van der Waals surface area (Å²) >= 11 is 7.07. The van der Waals surface area contributed by atoms with Crippen LogP contribution in [0.3, 0.4) is 0 Å². The molecule has 0 saturated carbocycles. The summed E-state index contributed by atoms with van der Waals surface area (Å²) in [5.41, 5.74) is 2.21. The highest BCUT2D eigenvalue weighted by molar-refractivity contribution is 8.00. The number of halogens is 1. The molecule has 0 saturated heterocycles. The van der Waals surface area contributed by atoms with Gasteiger partial charge in [-0.25, -0.2) is 0 Å². The van der Waals surface area contributed by atoms with Crippen molar-refractivity contribution in [1.29, 1.82) is 0 Å². The topological polar surface area (TPSA) is 82.1 Å². The van der Waals surface area contributed by atoms with Gasteiger partial charge in [0.15, 0.2) is 5.95 Å². The molecule has 0 aliphatic rings. The molecule has 1 unspecified atom stereocenters. The lowest BCUT2D eigenvalue weighted by atomic mass is 10.2. The van der Waals surface area contributed by atoms with Crippen LogP contribution in [0.2, 0.25) is 5.02 Å². The van der Waals surface area contributed by atoms with Crippen LogP contribution in [0, 0.1) is 6.92 Å². The molecule has 2 aromatic carbocycles. The summed E-state index contributed by atoms with van der Waals surface area (Å²) in [4.78, 5) is 12.5. The molecule has 1 atom stereocenters. The van der Waals surface area contributed by atoms with Crippen molar-refractivity contribution in [3.8, 4) is 11.6 Å². The SMILES string of the molecule is Cc1ccc(Cl)cc1NC(=O)C(C)Sc1c([O-])on[n+]1-c1ccccc1. The molecule has 1 N–H and O–H groups in total. The molecule has 8 heteroatoms. The summed E-state index contributed by atoms with van der Waals surface area (Å²) in [7, 11) is 0. The molecular formula is C18H16ClN3O3S. The largest absolute Gasteiger partial charge is 0.538 e. The van der Waals surface area contributed by atoms with E-state index >= 15 is 0 Å². The monoisotopic (exact) mass is 389 g/mol. The summed E-state index contributed by atoms with van der Waals surface area (Å²) in [5.74, 6) is -0.835. The number of thioether (sulfide) groups is 1. The summed E-state index contributed by atoms with van der Waals surface area (Å²) in [5, 5.41) is 18.8. The Bertz CT molecular complexity index is 931. The van der Waals surface area contributed by atoms with Crippen molar-refractivity contribution in [3.05, 3.63) is 59.1 Å². The van der Waals surface area contributed by atoms with Crippen LogP contribution in [0.4, 0.5) is 5.69 Å². The summed E-state index contributed by atoms with van der Waals surface area (Å²) in [6.07, 6.45) is 0. The number of nitrogens with zero attached hydrogens (tertiary/aromatic N) is 2. The minimum atomic E-state index is -0.586. The highest BCUT2D eigenvalue weighted by Crippen LogP contribution is 2.28. The highest BCUT2D eigenvalue weighted by atomic mass is 35.5. The van der Waals surface area contributed by atoms with E-state index in [4.69, 9.17) is 16.1 Å². The normalized spacial score (nSPS) is 12.0. The average Bonchev–Trinajstić information content (AvgIpc) is 2.99. The van der Waals surface area contributed by atoms with Crippen LogP contribution in [0.25, 0.3) is 5.69 Å². The molecular weight excluding hydrogens is 374 g/mol. The zero-order valence-corrected chi connectivity index (χ0v) is 15.7. The van der Waals surface area contributed by atoms with Crippen molar-refractivity contribution in [2.24, 2.45) is 0 Å². The first kappa shape index (κ1) is 18.3. The van der Waals surface area contributed by atoms with Gasteiger partial charge in [0, 0.05) is 22.8 Å². The van der Waals surface area contributed by atoms with Crippen LogP contribution >= 0.6 is 23.4 Å². The molecule has 3 aromatic rings. The fraction of sp³-hybridized carbons (Fsp3) is 0.167. The second-order valence-electron chi connectivity index (χ2n) is 5.62. The molecule has 0 aliphatic heterocycles. The summed E-state index contributed by atoms with van der Waals surface area (Å²) < 4.78 is 6.16. The Kier molecular flexibility index (Phi) is 5.49. The highest BCUT2D eigenvalue weighted by Gasteiger charge is 2.26. The van der Waals surface area contributed by atoms with Crippen LogP contribution in [0.5, 0.6) is 5.95 Å². The van der Waals surface area contributed by atoms with Gasteiger partial charge in [-0.05, 0) is 48.0 Å². The second-order valence-corrected chi connectivity index (χ2v) is 7.39. The van der Waals surface area contributed by atoms with Gasteiger partial charge < -0.3 is 14.9 Å². The number of hydrogen-bond acceptors (Lipinski definition) is 5. The minimum absolute atomic E-state index is 0.238. The molecule has 26 heavy (non-hydrogen) atoms. The molecule has 0 fully saturated rings. The van der Waals surface area contributed by atoms with Gasteiger partial charge in [0.25, 0.3) is 5.03 Å². The van der Waals surface area contributed by atoms with E-state index in [1.54, 1.807) is 31.2 Å². The van der Waals surface area contributed by atoms with Crippen LogP contribution in [0.15, 0.2) is 58.1 Å². The Morgan fingerprint density at radius 2 is 2.04 bits per heavy atom. The van der Waals surface area contributed by atoms with Gasteiger partial charge >= 0.3 is 0 Å². The maximum atomic E-state index is 12.5. The number of hydrogen-bond donors (Lipinski definition) is 1. The van der Waals surface area contributed by atoms with Crippen molar-refractivity contribution < 1.29 is 19.1 Å². The predicted octanol–water partition coefficient (Wildman–Crippen LogP) is 3.11. The lowest BCUT2D eigenvalue weighted by molar-refractivity contribution is -0.705. The van der Waals surface area contributed by atoms with Gasteiger partial charge in [-0.2, -0.15) is 0 Å². The summed E-state index contributed by atoms with van der Waals surface area (Å²) in [6.45, 7) is 3.59. The number of carbonyl (C=O) groups is 1. The second kappa shape index (κ2) is 7.80. The van der Waals surface area contributed by atoms with Gasteiger partial charge in [0.1, 0.15) is 0 Å². The molecule has 6 nitrogen and oxygen atoms in total. The van der Waals surface area contributed by atoms with Crippen molar-refractivity contribution in [2.45, 2.75) is 24.1 Å². The zero-order chi connectivity index (χ0) is 18.7. The Balaban J connectivity index is 1.78. The molecule has 0 radical (unpaired) electrons. The standard InChI is InChI=1S/C18H16ClN3O3S/c1-11-8-9-13(19)10-15(11)20-16(23)12(2)26-17-18(24)25-21-22(17)14-6-4-3-5-7-14/h3-10,12H,1-2H3,(H-,20,21,23,24). The number of aryl methyl sites for hydroxylation is 1. The van der Waals surface area contributed by atoms with Crippen molar-refractivity contribution in [2.75, 3.05) is 5.32 Å². The lowest BCUT2D eigenvalue weighted by Crippen LogP contribution is -2.36. The Labute approximate surface area is 159 Å². The molecule has 1 amide bonds. The quantitative estimate of drug-likeness (QED) is 0.535. The van der Waals surface area contributed by atoms with Gasteiger partial charge in [-0.15, -0.1) is 0 Å². The number of nitrogens with one attached hydrogen (secondary N) is 1. The van der Waals surface area contributed by atoms with Crippen LogP contribution in [-0.4, -0.2) is 16.4 Å². The molecule has 0 aliphatic carbocycles. The van der Waals surface area contributed by atoms with E-state index in [0.29, 0.717) is 16.4 Å². The van der Waals surface area contributed by atoms with E-state index < -0.39 is 11.2 Å². The number of amides is 1. The predicted molar refractivity (Wildman–Crippen MR) is 97.6 cm³/mol. The van der Waals surface area contributed by atoms with E-state index in [0.717, 1.165) is 17.3 Å². The van der Waals surface area contributed by atoms with Gasteiger partial charge in [-0.1, -0.05) is 35.9 Å². The van der Waals surface area contributed by atoms with Crippen LogP contribution in [0.1, 0.15) is 12.5 Å². The van der Waals surface area contributed by atoms with Crippen molar-refractivity contribution >= 4 is 35.0 Å². The molecule has 0 spiro atoms. The van der Waals surface area contributed by atoms with Crippen molar-refractivity contribution in [3.63, 3.8) is 0 Å². The molecule has 1 heterocycles. The first-order valence-corrected chi connectivity index (χ1v) is 9.09. The zero-order valence-electron chi connectivity index (χ0n) is 14.1. The molecule has 3 rings (SSSR count). The Morgan fingerprint density at radius 1 is 1.31 bits per heavy atom. The van der Waals surface area contributed by atoms with E-state index in [1.807, 2.05) is 31.2 Å². The molecule has 1 aromatic heterocycles. The number of carbonyl (C=O) groups excluding carboxylic acids is 1. The lowest BCUT2D eigenvalue weighted by Gasteiger charge is -2.12. The molecule has 134 valence electrons. The number of benzene rings is 2. The number of anilines is 1. The number of aromatic nitrogens is 2. The van der Waals surface area contributed by atoms with Gasteiger partial charge in [-0.3, -0.25) is 4.79 Å². The van der Waals surface area contributed by atoms with Crippen LogP contribution < -0.4 is 15.1 Å². The fourth-order valence-corrected chi connectivity index (χ4v) is 3.30. The smallest absolute Gasteiger partial charge is 0.298 e. The first-order valence-electron chi connectivity index (χ1n) is 7.84. The van der Waals surface area contributed by atoms with E-state index in [2.05, 4.69) is 10.6 Å². The van der Waals surface area contributed by atoms with Crippen molar-refractivity contribution in [1.82, 2.24) is 5.27 Å². The fourth-order valence-electron chi connectivity index (χ4n) is 2.26. The minimum Gasteiger partial charge on any atom is -0.538 e.